The Morgan fingerprint density at radius 2 is 1.85 bits per heavy atom. The monoisotopic (exact) mass is 410 g/mol. The van der Waals surface area contributed by atoms with Crippen molar-refractivity contribution in [3.8, 4) is 0 Å². The number of Topliss-reactive ketones (excluding diaryl/α,β-unsaturated/α-hetero) is 1. The standard InChI is InChI=1S/C19H20Cl2N2O4/c1-9-17(12(4)24)11(3)23-18(9)19(26)27-8-16(25)22-10(2)13-5-6-14(20)15(21)7-13/h5-7,10,23H,8H2,1-4H3,(H,22,25). The minimum Gasteiger partial charge on any atom is -0.451 e. The first kappa shape index (κ1) is 21.0. The lowest BCUT2D eigenvalue weighted by molar-refractivity contribution is -0.124. The van der Waals surface area contributed by atoms with Gasteiger partial charge in [-0.2, -0.15) is 0 Å². The summed E-state index contributed by atoms with van der Waals surface area (Å²) >= 11 is 11.9. The fourth-order valence-electron chi connectivity index (χ4n) is 2.83. The van der Waals surface area contributed by atoms with E-state index in [1.165, 1.54) is 6.92 Å². The van der Waals surface area contributed by atoms with Gasteiger partial charge in [0.25, 0.3) is 5.91 Å². The van der Waals surface area contributed by atoms with Crippen molar-refractivity contribution in [1.82, 2.24) is 10.3 Å². The maximum Gasteiger partial charge on any atom is 0.355 e. The first-order valence-corrected chi connectivity index (χ1v) is 8.99. The Morgan fingerprint density at radius 3 is 2.41 bits per heavy atom. The molecule has 0 fully saturated rings. The van der Waals surface area contributed by atoms with Crippen LogP contribution in [0.1, 0.15) is 57.6 Å². The highest BCUT2D eigenvalue weighted by Crippen LogP contribution is 2.25. The summed E-state index contributed by atoms with van der Waals surface area (Å²) in [7, 11) is 0. The van der Waals surface area contributed by atoms with Crippen molar-refractivity contribution in [2.45, 2.75) is 33.7 Å². The lowest BCUT2D eigenvalue weighted by atomic mass is 10.1. The van der Waals surface area contributed by atoms with Gasteiger partial charge in [-0.25, -0.2) is 4.79 Å². The number of aromatic amines is 1. The molecule has 0 bridgehead atoms. The summed E-state index contributed by atoms with van der Waals surface area (Å²) in [5.74, 6) is -1.30. The number of ether oxygens (including phenoxy) is 1. The molecule has 2 rings (SSSR count). The van der Waals surface area contributed by atoms with Gasteiger partial charge in [-0.05, 0) is 51.0 Å². The lowest BCUT2D eigenvalue weighted by Gasteiger charge is -2.15. The van der Waals surface area contributed by atoms with Crippen LogP contribution in [0.25, 0.3) is 0 Å². The van der Waals surface area contributed by atoms with Crippen molar-refractivity contribution in [1.29, 1.82) is 0 Å². The zero-order chi connectivity index (χ0) is 20.3. The van der Waals surface area contributed by atoms with E-state index in [9.17, 15) is 14.4 Å². The molecule has 1 aromatic heterocycles. The molecular formula is C19H20Cl2N2O4. The third-order valence-electron chi connectivity index (χ3n) is 4.15. The van der Waals surface area contributed by atoms with Crippen LogP contribution in [0.5, 0.6) is 0 Å². The molecular weight excluding hydrogens is 391 g/mol. The maximum absolute atomic E-state index is 12.2. The molecule has 6 nitrogen and oxygen atoms in total. The van der Waals surface area contributed by atoms with E-state index >= 15 is 0 Å². The van der Waals surface area contributed by atoms with Crippen LogP contribution in [0.4, 0.5) is 0 Å². The van der Waals surface area contributed by atoms with Gasteiger partial charge in [-0.3, -0.25) is 9.59 Å². The van der Waals surface area contributed by atoms with Crippen LogP contribution in [-0.2, 0) is 9.53 Å². The van der Waals surface area contributed by atoms with E-state index in [-0.39, 0.29) is 17.5 Å². The second kappa shape index (κ2) is 8.59. The third-order valence-corrected chi connectivity index (χ3v) is 4.89. The predicted molar refractivity (Wildman–Crippen MR) is 104 cm³/mol. The summed E-state index contributed by atoms with van der Waals surface area (Å²) in [5, 5.41) is 3.53. The molecule has 2 aromatic rings. The number of aromatic nitrogens is 1. The number of esters is 1. The van der Waals surface area contributed by atoms with Gasteiger partial charge in [0.15, 0.2) is 12.4 Å². The molecule has 0 aliphatic heterocycles. The van der Waals surface area contributed by atoms with Crippen LogP contribution in [0.3, 0.4) is 0 Å². The summed E-state index contributed by atoms with van der Waals surface area (Å²) in [6.07, 6.45) is 0. The summed E-state index contributed by atoms with van der Waals surface area (Å²) in [6.45, 7) is 6.11. The average Bonchev–Trinajstić information content (AvgIpc) is 2.89. The van der Waals surface area contributed by atoms with Crippen LogP contribution >= 0.6 is 23.2 Å². The van der Waals surface area contributed by atoms with E-state index in [0.29, 0.717) is 26.9 Å². The van der Waals surface area contributed by atoms with Crippen molar-refractivity contribution in [3.05, 3.63) is 56.3 Å². The molecule has 0 aliphatic rings. The van der Waals surface area contributed by atoms with Gasteiger partial charge in [-0.1, -0.05) is 29.3 Å². The quantitative estimate of drug-likeness (QED) is 0.552. The molecule has 2 N–H and O–H groups in total. The SMILES string of the molecule is CC(=O)c1c(C)[nH]c(C(=O)OCC(=O)NC(C)c2ccc(Cl)c(Cl)c2)c1C. The number of carbonyl (C=O) groups is 3. The van der Waals surface area contributed by atoms with Gasteiger partial charge >= 0.3 is 5.97 Å². The third kappa shape index (κ3) is 4.90. The number of halogens is 2. The van der Waals surface area contributed by atoms with Crippen LogP contribution in [0.2, 0.25) is 10.0 Å². The summed E-state index contributed by atoms with van der Waals surface area (Å²) in [5.41, 5.74) is 2.49. The number of hydrogen-bond acceptors (Lipinski definition) is 4. The highest BCUT2D eigenvalue weighted by Gasteiger charge is 2.21. The van der Waals surface area contributed by atoms with Gasteiger partial charge < -0.3 is 15.0 Å². The topological polar surface area (TPSA) is 88.3 Å². The molecule has 1 amide bonds. The minimum atomic E-state index is -0.694. The van der Waals surface area contributed by atoms with E-state index in [1.807, 2.05) is 0 Å². The number of aryl methyl sites for hydroxylation is 1. The number of carbonyl (C=O) groups excluding carboxylic acids is 3. The first-order chi connectivity index (χ1) is 12.6. The summed E-state index contributed by atoms with van der Waals surface area (Å²) < 4.78 is 5.06. The van der Waals surface area contributed by atoms with Crippen molar-refractivity contribution in [2.24, 2.45) is 0 Å². The second-order valence-corrected chi connectivity index (χ2v) is 7.03. The van der Waals surface area contributed by atoms with E-state index in [2.05, 4.69) is 10.3 Å². The number of nitrogens with one attached hydrogen (secondary N) is 2. The van der Waals surface area contributed by atoms with E-state index < -0.39 is 18.5 Å². The number of rotatable bonds is 6. The molecule has 27 heavy (non-hydrogen) atoms. The molecule has 0 spiro atoms. The van der Waals surface area contributed by atoms with Crippen molar-refractivity contribution in [2.75, 3.05) is 6.61 Å². The number of amides is 1. The van der Waals surface area contributed by atoms with Crippen molar-refractivity contribution < 1.29 is 19.1 Å². The van der Waals surface area contributed by atoms with Gasteiger partial charge in [0.05, 0.1) is 16.1 Å². The molecule has 1 atom stereocenters. The van der Waals surface area contributed by atoms with Gasteiger partial charge in [0, 0.05) is 11.3 Å². The molecule has 1 unspecified atom stereocenters. The Hall–Kier alpha value is -2.31. The number of ketones is 1. The number of H-pyrrole nitrogens is 1. The average molecular weight is 411 g/mol. The van der Waals surface area contributed by atoms with Crippen molar-refractivity contribution >= 4 is 40.9 Å². The van der Waals surface area contributed by atoms with Crippen LogP contribution in [-0.4, -0.2) is 29.3 Å². The van der Waals surface area contributed by atoms with E-state index in [1.54, 1.807) is 39.0 Å². The molecule has 1 aromatic carbocycles. The zero-order valence-electron chi connectivity index (χ0n) is 15.4. The second-order valence-electron chi connectivity index (χ2n) is 6.22. The molecule has 0 saturated carbocycles. The lowest BCUT2D eigenvalue weighted by Crippen LogP contribution is -2.31. The molecule has 144 valence electrons. The molecule has 1 heterocycles. The first-order valence-electron chi connectivity index (χ1n) is 8.23. The number of hydrogen-bond donors (Lipinski definition) is 2. The highest BCUT2D eigenvalue weighted by atomic mass is 35.5. The fraction of sp³-hybridized carbons (Fsp3) is 0.316. The maximum atomic E-state index is 12.2. The van der Waals surface area contributed by atoms with Gasteiger partial charge in [0.2, 0.25) is 0 Å². The summed E-state index contributed by atoms with van der Waals surface area (Å²) in [6, 6.07) is 4.71. The highest BCUT2D eigenvalue weighted by molar-refractivity contribution is 6.42. The Bertz CT molecular complexity index is 905. The van der Waals surface area contributed by atoms with Gasteiger partial charge in [-0.15, -0.1) is 0 Å². The predicted octanol–water partition coefficient (Wildman–Crippen LogP) is 4.18. The largest absolute Gasteiger partial charge is 0.451 e. The van der Waals surface area contributed by atoms with Gasteiger partial charge in [0.1, 0.15) is 5.69 Å². The summed E-state index contributed by atoms with van der Waals surface area (Å²) in [4.78, 5) is 38.8. The Kier molecular flexibility index (Phi) is 6.68. The van der Waals surface area contributed by atoms with E-state index in [4.69, 9.17) is 27.9 Å². The van der Waals surface area contributed by atoms with Crippen LogP contribution in [0, 0.1) is 13.8 Å². The zero-order valence-corrected chi connectivity index (χ0v) is 16.9. The Labute approximate surface area is 167 Å². The molecule has 0 aliphatic carbocycles. The molecule has 0 radical (unpaired) electrons. The number of benzene rings is 1. The fourth-order valence-corrected chi connectivity index (χ4v) is 3.14. The molecule has 8 heteroatoms. The van der Waals surface area contributed by atoms with E-state index in [0.717, 1.165) is 5.56 Å². The minimum absolute atomic E-state index is 0.145. The van der Waals surface area contributed by atoms with Crippen molar-refractivity contribution in [3.63, 3.8) is 0 Å². The Morgan fingerprint density at radius 1 is 1.19 bits per heavy atom. The van der Waals surface area contributed by atoms with Crippen LogP contribution < -0.4 is 5.32 Å². The normalized spacial score (nSPS) is 11.8. The molecule has 0 saturated heterocycles. The van der Waals surface area contributed by atoms with Crippen LogP contribution in [0.15, 0.2) is 18.2 Å². The Balaban J connectivity index is 1.97. The smallest absolute Gasteiger partial charge is 0.355 e.